The summed E-state index contributed by atoms with van der Waals surface area (Å²) in [6, 6.07) is 9.44. The summed E-state index contributed by atoms with van der Waals surface area (Å²) in [7, 11) is 0. The number of carbonyl (C=O) groups is 1. The number of fused-ring (bicyclic) bond motifs is 1. The van der Waals surface area contributed by atoms with E-state index in [1.807, 2.05) is 12.1 Å². The van der Waals surface area contributed by atoms with Gasteiger partial charge in [-0.1, -0.05) is 6.07 Å². The lowest BCUT2D eigenvalue weighted by molar-refractivity contribution is 0.100. The number of amides is 1. The van der Waals surface area contributed by atoms with Gasteiger partial charge in [0.05, 0.1) is 5.69 Å². The minimum absolute atomic E-state index is 0.210. The minimum Gasteiger partial charge on any atom is -0.454 e. The van der Waals surface area contributed by atoms with Crippen molar-refractivity contribution < 1.29 is 18.7 Å². The number of hydrogen-bond donors (Lipinski definition) is 2. The van der Waals surface area contributed by atoms with Crippen molar-refractivity contribution >= 4 is 11.6 Å². The van der Waals surface area contributed by atoms with E-state index in [1.54, 1.807) is 6.07 Å². The Morgan fingerprint density at radius 3 is 2.81 bits per heavy atom. The number of anilines is 1. The van der Waals surface area contributed by atoms with E-state index in [2.05, 4.69) is 5.32 Å². The maximum Gasteiger partial charge on any atom is 0.248 e. The average molecular weight is 288 g/mol. The summed E-state index contributed by atoms with van der Waals surface area (Å²) in [6.45, 7) is 0.595. The van der Waals surface area contributed by atoms with Crippen molar-refractivity contribution in [3.8, 4) is 11.5 Å². The molecule has 0 aromatic heterocycles. The molecule has 0 saturated carbocycles. The van der Waals surface area contributed by atoms with Crippen LogP contribution in [0.5, 0.6) is 11.5 Å². The van der Waals surface area contributed by atoms with Crippen LogP contribution in [0.3, 0.4) is 0 Å². The molecule has 5 nitrogen and oxygen atoms in total. The van der Waals surface area contributed by atoms with Crippen LogP contribution in [0.1, 0.15) is 15.9 Å². The lowest BCUT2D eigenvalue weighted by Crippen LogP contribution is -2.12. The van der Waals surface area contributed by atoms with E-state index in [0.717, 1.165) is 5.56 Å². The van der Waals surface area contributed by atoms with Crippen molar-refractivity contribution in [3.63, 3.8) is 0 Å². The van der Waals surface area contributed by atoms with Gasteiger partial charge in [-0.2, -0.15) is 0 Å². The number of hydrogen-bond acceptors (Lipinski definition) is 4. The standard InChI is InChI=1S/C15H13FN2O3/c16-11-3-2-10(15(17)19)6-12(11)18-7-9-1-4-13-14(5-9)21-8-20-13/h1-6,18H,7-8H2,(H2,17,19). The van der Waals surface area contributed by atoms with Crippen LogP contribution in [0.2, 0.25) is 0 Å². The van der Waals surface area contributed by atoms with Crippen molar-refractivity contribution in [1.29, 1.82) is 0 Å². The lowest BCUT2D eigenvalue weighted by atomic mass is 10.1. The molecule has 1 heterocycles. The van der Waals surface area contributed by atoms with E-state index in [-0.39, 0.29) is 18.0 Å². The fraction of sp³-hybridized carbons (Fsp3) is 0.133. The van der Waals surface area contributed by atoms with Crippen molar-refractivity contribution in [2.75, 3.05) is 12.1 Å². The largest absolute Gasteiger partial charge is 0.454 e. The van der Waals surface area contributed by atoms with Crippen LogP contribution in [0, 0.1) is 5.82 Å². The molecule has 2 aromatic rings. The Bertz CT molecular complexity index is 703. The number of nitrogens with two attached hydrogens (primary N) is 1. The maximum atomic E-state index is 13.7. The quantitative estimate of drug-likeness (QED) is 0.905. The first kappa shape index (κ1) is 13.2. The molecule has 0 fully saturated rings. The molecule has 1 aliphatic heterocycles. The van der Waals surface area contributed by atoms with Gasteiger partial charge in [0.25, 0.3) is 0 Å². The van der Waals surface area contributed by atoms with Crippen LogP contribution in [-0.4, -0.2) is 12.7 Å². The zero-order chi connectivity index (χ0) is 14.8. The van der Waals surface area contributed by atoms with Gasteiger partial charge in [-0.3, -0.25) is 4.79 Å². The Hall–Kier alpha value is -2.76. The van der Waals surface area contributed by atoms with Crippen LogP contribution >= 0.6 is 0 Å². The van der Waals surface area contributed by atoms with Crippen molar-refractivity contribution in [2.24, 2.45) is 5.73 Å². The molecule has 21 heavy (non-hydrogen) atoms. The number of primary amides is 1. The molecular formula is C15H13FN2O3. The second-order valence-electron chi connectivity index (χ2n) is 4.60. The summed E-state index contributed by atoms with van der Waals surface area (Å²) in [5.74, 6) is 0.322. The molecule has 1 aliphatic rings. The fourth-order valence-electron chi connectivity index (χ4n) is 2.06. The highest BCUT2D eigenvalue weighted by Gasteiger charge is 2.13. The van der Waals surface area contributed by atoms with Crippen molar-refractivity contribution in [3.05, 3.63) is 53.3 Å². The van der Waals surface area contributed by atoms with Crippen LogP contribution in [0.15, 0.2) is 36.4 Å². The fourth-order valence-corrected chi connectivity index (χ4v) is 2.06. The molecule has 0 bridgehead atoms. The molecule has 3 rings (SSSR count). The highest BCUT2D eigenvalue weighted by Crippen LogP contribution is 2.32. The SMILES string of the molecule is NC(=O)c1ccc(F)c(NCc2ccc3c(c2)OCO3)c1. The predicted molar refractivity (Wildman–Crippen MR) is 74.8 cm³/mol. The van der Waals surface area contributed by atoms with E-state index >= 15 is 0 Å². The highest BCUT2D eigenvalue weighted by molar-refractivity contribution is 5.93. The number of benzene rings is 2. The van der Waals surface area contributed by atoms with Gasteiger partial charge in [0.1, 0.15) is 5.82 Å². The third-order valence-electron chi connectivity index (χ3n) is 3.17. The number of rotatable bonds is 4. The summed E-state index contributed by atoms with van der Waals surface area (Å²) >= 11 is 0. The van der Waals surface area contributed by atoms with Gasteiger partial charge >= 0.3 is 0 Å². The molecule has 108 valence electrons. The third kappa shape index (κ3) is 2.74. The zero-order valence-corrected chi connectivity index (χ0v) is 11.1. The minimum atomic E-state index is -0.596. The van der Waals surface area contributed by atoms with Gasteiger partial charge in [0.2, 0.25) is 12.7 Å². The molecule has 0 atom stereocenters. The van der Waals surface area contributed by atoms with Crippen molar-refractivity contribution in [2.45, 2.75) is 6.54 Å². The summed E-state index contributed by atoms with van der Waals surface area (Å²) in [6.07, 6.45) is 0. The number of carbonyl (C=O) groups excluding carboxylic acids is 1. The van der Waals surface area contributed by atoms with E-state index in [4.69, 9.17) is 15.2 Å². The van der Waals surface area contributed by atoms with Crippen LogP contribution in [-0.2, 0) is 6.54 Å². The normalized spacial score (nSPS) is 12.2. The van der Waals surface area contributed by atoms with Gasteiger partial charge in [-0.25, -0.2) is 4.39 Å². The Balaban J connectivity index is 1.75. The van der Waals surface area contributed by atoms with Crippen molar-refractivity contribution in [1.82, 2.24) is 0 Å². The lowest BCUT2D eigenvalue weighted by Gasteiger charge is -2.09. The van der Waals surface area contributed by atoms with E-state index in [9.17, 15) is 9.18 Å². The number of nitrogens with one attached hydrogen (secondary N) is 1. The van der Waals surface area contributed by atoms with Crippen LogP contribution < -0.4 is 20.5 Å². The number of halogens is 1. The van der Waals surface area contributed by atoms with Gasteiger partial charge in [-0.05, 0) is 35.9 Å². The Morgan fingerprint density at radius 2 is 2.00 bits per heavy atom. The first-order valence-corrected chi connectivity index (χ1v) is 6.35. The second-order valence-corrected chi connectivity index (χ2v) is 4.60. The molecule has 0 unspecified atom stereocenters. The van der Waals surface area contributed by atoms with Gasteiger partial charge in [0, 0.05) is 12.1 Å². The molecule has 2 aromatic carbocycles. The predicted octanol–water partition coefficient (Wildman–Crippen LogP) is 2.27. The maximum absolute atomic E-state index is 13.7. The zero-order valence-electron chi connectivity index (χ0n) is 11.1. The summed E-state index contributed by atoms with van der Waals surface area (Å²) < 4.78 is 24.2. The first-order chi connectivity index (χ1) is 10.1. The third-order valence-corrected chi connectivity index (χ3v) is 3.17. The van der Waals surface area contributed by atoms with Crippen LogP contribution in [0.25, 0.3) is 0 Å². The molecule has 3 N–H and O–H groups in total. The van der Waals surface area contributed by atoms with E-state index in [1.165, 1.54) is 18.2 Å². The smallest absolute Gasteiger partial charge is 0.248 e. The molecule has 0 spiro atoms. The van der Waals surface area contributed by atoms with Gasteiger partial charge < -0.3 is 20.5 Å². The Labute approximate surface area is 120 Å². The molecule has 0 radical (unpaired) electrons. The average Bonchev–Trinajstić information content (AvgIpc) is 2.93. The van der Waals surface area contributed by atoms with E-state index in [0.29, 0.717) is 18.0 Å². The molecule has 0 saturated heterocycles. The Kier molecular flexibility index (Phi) is 3.35. The highest BCUT2D eigenvalue weighted by atomic mass is 19.1. The second kappa shape index (κ2) is 5.32. The summed E-state index contributed by atoms with van der Waals surface area (Å²) in [5, 5.41) is 2.94. The van der Waals surface area contributed by atoms with Gasteiger partial charge in [0.15, 0.2) is 11.5 Å². The summed E-state index contributed by atoms with van der Waals surface area (Å²) in [5.41, 5.74) is 6.57. The first-order valence-electron chi connectivity index (χ1n) is 6.35. The monoisotopic (exact) mass is 288 g/mol. The number of ether oxygens (including phenoxy) is 2. The Morgan fingerprint density at radius 1 is 1.19 bits per heavy atom. The molecule has 1 amide bonds. The summed E-state index contributed by atoms with van der Waals surface area (Å²) in [4.78, 5) is 11.1. The molecule has 0 aliphatic carbocycles. The van der Waals surface area contributed by atoms with Crippen LogP contribution in [0.4, 0.5) is 10.1 Å². The van der Waals surface area contributed by atoms with E-state index < -0.39 is 11.7 Å². The van der Waals surface area contributed by atoms with Gasteiger partial charge in [-0.15, -0.1) is 0 Å². The molecular weight excluding hydrogens is 275 g/mol. The molecule has 6 heteroatoms. The topological polar surface area (TPSA) is 73.6 Å².